The van der Waals surface area contributed by atoms with E-state index in [9.17, 15) is 0 Å². The van der Waals surface area contributed by atoms with Gasteiger partial charge in [-0.3, -0.25) is 0 Å². The topological polar surface area (TPSA) is 12.0 Å². The maximum Gasteiger partial charge on any atom is -0.00146 e. The minimum absolute atomic E-state index is 0.733. The van der Waals surface area contributed by atoms with Crippen molar-refractivity contribution in [3.8, 4) is 0 Å². The molecule has 0 spiro atoms. The van der Waals surface area contributed by atoms with E-state index in [0.717, 1.165) is 30.8 Å². The molecule has 0 aromatic heterocycles. The van der Waals surface area contributed by atoms with Gasteiger partial charge < -0.3 is 5.32 Å². The summed E-state index contributed by atoms with van der Waals surface area (Å²) in [5.74, 6) is 2.32. The van der Waals surface area contributed by atoms with E-state index in [1.165, 1.54) is 30.4 Å². The lowest BCUT2D eigenvalue weighted by Gasteiger charge is -2.26. The summed E-state index contributed by atoms with van der Waals surface area (Å²) in [6.07, 6.45) is 3.78. The third-order valence-electron chi connectivity index (χ3n) is 4.25. The van der Waals surface area contributed by atoms with Gasteiger partial charge in [-0.2, -0.15) is 0 Å². The number of benzene rings is 1. The molecular weight excluding hydrogens is 242 g/mol. The van der Waals surface area contributed by atoms with Crippen LogP contribution in [-0.4, -0.2) is 13.1 Å². The quantitative estimate of drug-likeness (QED) is 0.680. The van der Waals surface area contributed by atoms with Crippen molar-refractivity contribution >= 4 is 0 Å². The minimum atomic E-state index is 0.733. The van der Waals surface area contributed by atoms with Crippen LogP contribution in [0.1, 0.15) is 51.7 Å². The minimum Gasteiger partial charge on any atom is -0.316 e. The number of hydrogen-bond acceptors (Lipinski definition) is 1. The lowest BCUT2D eigenvalue weighted by molar-refractivity contribution is 0.294. The Morgan fingerprint density at radius 2 is 1.70 bits per heavy atom. The first-order valence-electron chi connectivity index (χ1n) is 8.33. The monoisotopic (exact) mass is 275 g/mol. The molecule has 1 atom stereocenters. The zero-order valence-electron chi connectivity index (χ0n) is 14.1. The van der Waals surface area contributed by atoms with Crippen LogP contribution in [0, 0.1) is 24.7 Å². The van der Waals surface area contributed by atoms with Crippen molar-refractivity contribution in [2.75, 3.05) is 13.1 Å². The van der Waals surface area contributed by atoms with E-state index in [0.29, 0.717) is 0 Å². The van der Waals surface area contributed by atoms with Crippen molar-refractivity contribution < 1.29 is 0 Å². The summed E-state index contributed by atoms with van der Waals surface area (Å²) in [5.41, 5.74) is 2.87. The average molecular weight is 275 g/mol. The zero-order chi connectivity index (χ0) is 15.0. The molecule has 1 N–H and O–H groups in total. The zero-order valence-corrected chi connectivity index (χ0v) is 14.1. The second-order valence-electron chi connectivity index (χ2n) is 6.58. The van der Waals surface area contributed by atoms with E-state index >= 15 is 0 Å². The largest absolute Gasteiger partial charge is 0.316 e. The molecule has 1 unspecified atom stereocenters. The molecule has 1 aromatic carbocycles. The number of hydrogen-bond donors (Lipinski definition) is 1. The molecule has 0 bridgehead atoms. The fraction of sp³-hybridized carbons (Fsp3) is 0.684. The summed E-state index contributed by atoms with van der Waals surface area (Å²) in [7, 11) is 0. The summed E-state index contributed by atoms with van der Waals surface area (Å²) in [5, 5.41) is 3.67. The van der Waals surface area contributed by atoms with Crippen LogP contribution >= 0.6 is 0 Å². The molecule has 114 valence electrons. The first-order valence-corrected chi connectivity index (χ1v) is 8.33. The second kappa shape index (κ2) is 9.18. The Labute approximate surface area is 126 Å². The third-order valence-corrected chi connectivity index (χ3v) is 4.25. The van der Waals surface area contributed by atoms with Crippen LogP contribution in [0.25, 0.3) is 0 Å². The molecular formula is C19H33N. The molecule has 1 heteroatoms. The smallest absolute Gasteiger partial charge is 0.00146 e. The summed E-state index contributed by atoms with van der Waals surface area (Å²) >= 11 is 0. The fourth-order valence-electron chi connectivity index (χ4n) is 3.06. The van der Waals surface area contributed by atoms with Gasteiger partial charge in [-0.05, 0) is 49.8 Å². The Kier molecular flexibility index (Phi) is 7.91. The van der Waals surface area contributed by atoms with E-state index in [4.69, 9.17) is 0 Å². The summed E-state index contributed by atoms with van der Waals surface area (Å²) < 4.78 is 0. The van der Waals surface area contributed by atoms with Crippen LogP contribution in [0.3, 0.4) is 0 Å². The molecule has 0 aliphatic rings. The maximum absolute atomic E-state index is 3.67. The molecule has 0 fully saturated rings. The highest BCUT2D eigenvalue weighted by Crippen LogP contribution is 2.23. The Balaban J connectivity index is 2.66. The fourth-order valence-corrected chi connectivity index (χ4v) is 3.06. The highest BCUT2D eigenvalue weighted by atomic mass is 14.9. The molecule has 20 heavy (non-hydrogen) atoms. The Morgan fingerprint density at radius 1 is 1.00 bits per heavy atom. The average Bonchev–Trinajstić information content (AvgIpc) is 2.39. The Morgan fingerprint density at radius 3 is 2.25 bits per heavy atom. The van der Waals surface area contributed by atoms with Gasteiger partial charge in [0.15, 0.2) is 0 Å². The van der Waals surface area contributed by atoms with E-state index in [1.54, 1.807) is 0 Å². The predicted molar refractivity (Wildman–Crippen MR) is 90.2 cm³/mol. The van der Waals surface area contributed by atoms with Crippen LogP contribution < -0.4 is 5.32 Å². The molecule has 1 aromatic rings. The Hall–Kier alpha value is -0.820. The van der Waals surface area contributed by atoms with Gasteiger partial charge in [0.2, 0.25) is 0 Å². The van der Waals surface area contributed by atoms with Gasteiger partial charge in [0, 0.05) is 0 Å². The lowest BCUT2D eigenvalue weighted by atomic mass is 9.83. The van der Waals surface area contributed by atoms with E-state index in [2.05, 4.69) is 64.2 Å². The SMILES string of the molecule is CCC(CC)C(CNCC(C)C)Cc1cccc(C)c1. The Bertz CT molecular complexity index is 366. The van der Waals surface area contributed by atoms with Crippen molar-refractivity contribution in [1.29, 1.82) is 0 Å². The van der Waals surface area contributed by atoms with Crippen LogP contribution in [0.5, 0.6) is 0 Å². The van der Waals surface area contributed by atoms with Crippen LogP contribution in [0.15, 0.2) is 24.3 Å². The molecule has 0 radical (unpaired) electrons. The van der Waals surface area contributed by atoms with Gasteiger partial charge in [-0.25, -0.2) is 0 Å². The highest BCUT2D eigenvalue weighted by Gasteiger charge is 2.18. The van der Waals surface area contributed by atoms with Crippen molar-refractivity contribution in [2.24, 2.45) is 17.8 Å². The first kappa shape index (κ1) is 17.2. The van der Waals surface area contributed by atoms with Gasteiger partial charge in [0.05, 0.1) is 0 Å². The van der Waals surface area contributed by atoms with Crippen LogP contribution in [0.2, 0.25) is 0 Å². The normalized spacial score (nSPS) is 13.2. The van der Waals surface area contributed by atoms with Crippen molar-refractivity contribution in [3.05, 3.63) is 35.4 Å². The van der Waals surface area contributed by atoms with Gasteiger partial charge in [-0.1, -0.05) is 70.4 Å². The third kappa shape index (κ3) is 6.09. The lowest BCUT2D eigenvalue weighted by Crippen LogP contribution is -2.31. The highest BCUT2D eigenvalue weighted by molar-refractivity contribution is 5.22. The van der Waals surface area contributed by atoms with E-state index in [-0.39, 0.29) is 0 Å². The standard InChI is InChI=1S/C19H33N/c1-6-18(7-2)19(14-20-13-15(3)4)12-17-10-8-9-16(5)11-17/h8-11,15,18-20H,6-7,12-14H2,1-5H3. The van der Waals surface area contributed by atoms with E-state index < -0.39 is 0 Å². The van der Waals surface area contributed by atoms with Crippen molar-refractivity contribution in [3.63, 3.8) is 0 Å². The molecule has 0 aliphatic carbocycles. The number of nitrogens with one attached hydrogen (secondary N) is 1. The molecule has 0 heterocycles. The van der Waals surface area contributed by atoms with Gasteiger partial charge in [-0.15, -0.1) is 0 Å². The van der Waals surface area contributed by atoms with Crippen LogP contribution in [-0.2, 0) is 6.42 Å². The second-order valence-corrected chi connectivity index (χ2v) is 6.58. The molecule has 1 rings (SSSR count). The molecule has 1 nitrogen and oxygen atoms in total. The first-order chi connectivity index (χ1) is 9.56. The van der Waals surface area contributed by atoms with Gasteiger partial charge in [0.25, 0.3) is 0 Å². The summed E-state index contributed by atoms with van der Waals surface area (Å²) in [6, 6.07) is 9.01. The maximum atomic E-state index is 3.67. The van der Waals surface area contributed by atoms with Crippen molar-refractivity contribution in [2.45, 2.75) is 53.9 Å². The molecule has 0 amide bonds. The number of aryl methyl sites for hydroxylation is 1. The summed E-state index contributed by atoms with van der Waals surface area (Å²) in [6.45, 7) is 13.7. The van der Waals surface area contributed by atoms with Gasteiger partial charge in [0.1, 0.15) is 0 Å². The van der Waals surface area contributed by atoms with Gasteiger partial charge >= 0.3 is 0 Å². The van der Waals surface area contributed by atoms with E-state index in [1.807, 2.05) is 0 Å². The number of rotatable bonds is 9. The van der Waals surface area contributed by atoms with Crippen LogP contribution in [0.4, 0.5) is 0 Å². The molecule has 0 saturated carbocycles. The molecule has 0 aliphatic heterocycles. The van der Waals surface area contributed by atoms with Crippen molar-refractivity contribution in [1.82, 2.24) is 5.32 Å². The molecule has 0 saturated heterocycles. The summed E-state index contributed by atoms with van der Waals surface area (Å²) in [4.78, 5) is 0. The predicted octanol–water partition coefficient (Wildman–Crippen LogP) is 4.84.